The van der Waals surface area contributed by atoms with Crippen molar-refractivity contribution in [1.29, 1.82) is 0 Å². The van der Waals surface area contributed by atoms with Gasteiger partial charge in [0, 0.05) is 25.6 Å². The molecule has 2 aromatic heterocycles. The first-order valence-corrected chi connectivity index (χ1v) is 9.67. The number of benzene rings is 1. The maximum atomic E-state index is 12.8. The minimum atomic E-state index is -3.80. The fourth-order valence-electron chi connectivity index (χ4n) is 2.64. The molecule has 0 saturated carbocycles. The molecule has 0 aliphatic carbocycles. The van der Waals surface area contributed by atoms with E-state index in [1.807, 2.05) is 0 Å². The summed E-state index contributed by atoms with van der Waals surface area (Å²) in [4.78, 5) is 28.4. The molecule has 2 heterocycles. The van der Waals surface area contributed by atoms with Gasteiger partial charge in [-0.15, -0.1) is 0 Å². The highest BCUT2D eigenvalue weighted by Crippen LogP contribution is 2.20. The molecule has 0 atom stereocenters. The Bertz CT molecular complexity index is 1200. The first kappa shape index (κ1) is 17.6. The summed E-state index contributed by atoms with van der Waals surface area (Å²) in [5.41, 5.74) is -0.438. The maximum absolute atomic E-state index is 12.8. The van der Waals surface area contributed by atoms with Gasteiger partial charge < -0.3 is 4.57 Å². The Balaban J connectivity index is 2.22. The molecule has 3 aromatic rings. The van der Waals surface area contributed by atoms with Crippen molar-refractivity contribution in [2.24, 2.45) is 21.1 Å². The van der Waals surface area contributed by atoms with Crippen molar-refractivity contribution in [3.8, 4) is 0 Å². The molecule has 0 radical (unpaired) electrons. The first-order valence-electron chi connectivity index (χ1n) is 7.23. The lowest BCUT2D eigenvalue weighted by Gasteiger charge is -2.05. The van der Waals surface area contributed by atoms with Crippen LogP contribution in [0.2, 0.25) is 0 Å². The third-order valence-electron chi connectivity index (χ3n) is 3.98. The molecule has 0 aliphatic heterocycles. The van der Waals surface area contributed by atoms with Gasteiger partial charge in [-0.05, 0) is 17.7 Å². The van der Waals surface area contributed by atoms with Crippen LogP contribution in [0.1, 0.15) is 5.56 Å². The van der Waals surface area contributed by atoms with E-state index in [0.29, 0.717) is 5.56 Å². The average molecular weight is 427 g/mol. The first-order chi connectivity index (χ1) is 11.6. The number of hydrogen-bond donors (Lipinski definition) is 0. The molecule has 0 N–H and O–H groups in total. The van der Waals surface area contributed by atoms with E-state index in [0.717, 1.165) is 13.6 Å². The van der Waals surface area contributed by atoms with Crippen LogP contribution in [-0.2, 0) is 36.7 Å². The summed E-state index contributed by atoms with van der Waals surface area (Å²) in [6, 6.07) is 6.89. The topological polar surface area (TPSA) is 96.0 Å². The van der Waals surface area contributed by atoms with E-state index in [1.54, 1.807) is 24.3 Å². The molecule has 10 heteroatoms. The van der Waals surface area contributed by atoms with Crippen molar-refractivity contribution in [2.75, 3.05) is 0 Å². The van der Waals surface area contributed by atoms with Gasteiger partial charge in [-0.2, -0.15) is 4.98 Å². The van der Waals surface area contributed by atoms with Gasteiger partial charge in [0.25, 0.3) is 5.56 Å². The van der Waals surface area contributed by atoms with Crippen LogP contribution < -0.4 is 11.2 Å². The number of imidazole rings is 1. The zero-order chi connectivity index (χ0) is 18.5. The Morgan fingerprint density at radius 2 is 1.60 bits per heavy atom. The summed E-state index contributed by atoms with van der Waals surface area (Å²) < 4.78 is 29.7. The highest BCUT2D eigenvalue weighted by Gasteiger charge is 2.26. The summed E-state index contributed by atoms with van der Waals surface area (Å²) in [5, 5.41) is -0.247. The maximum Gasteiger partial charge on any atom is 0.332 e. The fraction of sp³-hybridized carbons (Fsp3) is 0.267. The molecule has 3 rings (SSSR count). The molecule has 0 spiro atoms. The van der Waals surface area contributed by atoms with E-state index in [4.69, 9.17) is 0 Å². The molecule has 0 fully saturated rings. The van der Waals surface area contributed by atoms with Crippen molar-refractivity contribution in [2.45, 2.75) is 10.9 Å². The van der Waals surface area contributed by atoms with Crippen LogP contribution in [-0.4, -0.2) is 27.1 Å². The van der Waals surface area contributed by atoms with Gasteiger partial charge in [-0.25, -0.2) is 13.2 Å². The summed E-state index contributed by atoms with van der Waals surface area (Å²) >= 11 is 3.30. The van der Waals surface area contributed by atoms with Crippen LogP contribution in [0.5, 0.6) is 0 Å². The molecular formula is C15H15BrN4O4S. The van der Waals surface area contributed by atoms with E-state index in [1.165, 1.54) is 25.7 Å². The quantitative estimate of drug-likeness (QED) is 0.614. The van der Waals surface area contributed by atoms with Gasteiger partial charge in [0.05, 0.1) is 5.75 Å². The van der Waals surface area contributed by atoms with Gasteiger partial charge in [-0.1, -0.05) is 28.1 Å². The summed E-state index contributed by atoms with van der Waals surface area (Å²) in [5.74, 6) is -0.258. The number of rotatable bonds is 3. The fourth-order valence-corrected chi connectivity index (χ4v) is 4.40. The number of nitrogens with zero attached hydrogens (tertiary/aromatic N) is 4. The number of halogens is 1. The summed E-state index contributed by atoms with van der Waals surface area (Å²) in [6.45, 7) is 0. The van der Waals surface area contributed by atoms with Gasteiger partial charge >= 0.3 is 5.69 Å². The molecular weight excluding hydrogens is 412 g/mol. The molecule has 8 nitrogen and oxygen atoms in total. The van der Waals surface area contributed by atoms with Crippen LogP contribution in [0, 0.1) is 0 Å². The second-order valence-corrected chi connectivity index (χ2v) is 8.52. The van der Waals surface area contributed by atoms with Crippen molar-refractivity contribution in [1.82, 2.24) is 18.7 Å². The van der Waals surface area contributed by atoms with E-state index in [-0.39, 0.29) is 22.1 Å². The molecule has 1 aromatic carbocycles. The minimum Gasteiger partial charge on any atom is -0.312 e. The second-order valence-electron chi connectivity index (χ2n) is 5.72. The third kappa shape index (κ3) is 2.85. The van der Waals surface area contributed by atoms with Crippen LogP contribution >= 0.6 is 15.9 Å². The molecule has 0 unspecified atom stereocenters. The summed E-state index contributed by atoms with van der Waals surface area (Å²) in [7, 11) is 0.436. The molecule has 0 bridgehead atoms. The molecule has 0 amide bonds. The third-order valence-corrected chi connectivity index (χ3v) is 6.15. The van der Waals surface area contributed by atoms with E-state index < -0.39 is 21.1 Å². The molecule has 132 valence electrons. The molecule has 0 saturated heterocycles. The lowest BCUT2D eigenvalue weighted by molar-refractivity contribution is 0.579. The average Bonchev–Trinajstić information content (AvgIpc) is 2.91. The zero-order valence-electron chi connectivity index (χ0n) is 13.7. The normalized spacial score (nSPS) is 12.0. The Morgan fingerprint density at radius 1 is 1.00 bits per heavy atom. The Morgan fingerprint density at radius 3 is 2.20 bits per heavy atom. The Kier molecular flexibility index (Phi) is 4.20. The van der Waals surface area contributed by atoms with E-state index in [2.05, 4.69) is 20.9 Å². The Labute approximate surface area is 151 Å². The number of aryl methyl sites for hydroxylation is 2. The van der Waals surface area contributed by atoms with Crippen molar-refractivity contribution >= 4 is 36.9 Å². The molecule has 0 aliphatic rings. The smallest absolute Gasteiger partial charge is 0.312 e. The van der Waals surface area contributed by atoms with Crippen LogP contribution in [0.25, 0.3) is 11.2 Å². The SMILES string of the molecule is Cn1c(=O)c2c(nc(S(=O)(=O)Cc3ccc(Br)cc3)n2C)n(C)c1=O. The highest BCUT2D eigenvalue weighted by atomic mass is 79.9. The molecule has 25 heavy (non-hydrogen) atoms. The summed E-state index contributed by atoms with van der Waals surface area (Å²) in [6.07, 6.45) is 0. The minimum absolute atomic E-state index is 0.0463. The zero-order valence-corrected chi connectivity index (χ0v) is 16.1. The van der Waals surface area contributed by atoms with Crippen molar-refractivity contribution < 1.29 is 8.42 Å². The number of aromatic nitrogens is 4. The monoisotopic (exact) mass is 426 g/mol. The highest BCUT2D eigenvalue weighted by molar-refractivity contribution is 9.10. The van der Waals surface area contributed by atoms with Gasteiger partial charge in [0.15, 0.2) is 11.2 Å². The number of hydrogen-bond acceptors (Lipinski definition) is 5. The number of sulfone groups is 1. The predicted molar refractivity (Wildman–Crippen MR) is 96.2 cm³/mol. The van der Waals surface area contributed by atoms with Crippen LogP contribution in [0.3, 0.4) is 0 Å². The van der Waals surface area contributed by atoms with Crippen molar-refractivity contribution in [3.05, 3.63) is 55.1 Å². The second kappa shape index (κ2) is 5.95. The van der Waals surface area contributed by atoms with Gasteiger partial charge in [0.2, 0.25) is 15.0 Å². The predicted octanol–water partition coefficient (Wildman–Crippen LogP) is 0.707. The van der Waals surface area contributed by atoms with Crippen LogP contribution in [0.15, 0.2) is 43.5 Å². The van der Waals surface area contributed by atoms with E-state index in [9.17, 15) is 18.0 Å². The lowest BCUT2D eigenvalue weighted by atomic mass is 10.2. The largest absolute Gasteiger partial charge is 0.332 e. The lowest BCUT2D eigenvalue weighted by Crippen LogP contribution is -2.37. The number of fused-ring (bicyclic) bond motifs is 1. The van der Waals surface area contributed by atoms with Gasteiger partial charge in [-0.3, -0.25) is 13.9 Å². The van der Waals surface area contributed by atoms with Crippen LogP contribution in [0.4, 0.5) is 0 Å². The van der Waals surface area contributed by atoms with Gasteiger partial charge in [0.1, 0.15) is 0 Å². The Hall–Kier alpha value is -2.20. The van der Waals surface area contributed by atoms with E-state index >= 15 is 0 Å². The van der Waals surface area contributed by atoms with Crippen molar-refractivity contribution in [3.63, 3.8) is 0 Å². The standard InChI is InChI=1S/C15H15BrN4O4S/c1-18-11-12(19(2)15(22)20(3)13(11)21)17-14(18)25(23,24)8-9-4-6-10(16)7-5-9/h4-7H,8H2,1-3H3.